The number of aryl methyl sites for hydroxylation is 1. The van der Waals surface area contributed by atoms with Gasteiger partial charge >= 0.3 is 0 Å². The molecule has 0 aliphatic heterocycles. The van der Waals surface area contributed by atoms with E-state index in [0.29, 0.717) is 28.1 Å². The molecule has 2 aromatic rings. The second-order valence-corrected chi connectivity index (χ2v) is 7.33. The highest BCUT2D eigenvalue weighted by Gasteiger charge is 2.16. The average molecular weight is 368 g/mol. The first kappa shape index (κ1) is 14.9. The molecule has 0 aliphatic rings. The molecule has 2 atom stereocenters. The molecule has 0 aliphatic carbocycles. The molecule has 19 heavy (non-hydrogen) atoms. The average Bonchev–Trinajstić information content (AvgIpc) is 2.65. The van der Waals surface area contributed by atoms with E-state index in [1.807, 2.05) is 11.5 Å². The number of nitrogens with zero attached hydrogens (tertiary/aromatic N) is 2. The van der Waals surface area contributed by atoms with Crippen LogP contribution in [0.5, 0.6) is 0 Å². The Kier molecular flexibility index (Phi) is 4.63. The van der Waals surface area contributed by atoms with Crippen molar-refractivity contribution in [2.24, 2.45) is 0 Å². The Balaban J connectivity index is 2.58. The minimum Gasteiger partial charge on any atom is -0.326 e. The van der Waals surface area contributed by atoms with Crippen molar-refractivity contribution in [3.63, 3.8) is 0 Å². The Morgan fingerprint density at radius 1 is 1.58 bits per heavy atom. The lowest BCUT2D eigenvalue weighted by molar-refractivity contribution is 0.622. The zero-order chi connectivity index (χ0) is 14.2. The van der Waals surface area contributed by atoms with Crippen LogP contribution in [0.15, 0.2) is 16.6 Å². The van der Waals surface area contributed by atoms with Crippen molar-refractivity contribution in [2.45, 2.75) is 18.8 Å². The summed E-state index contributed by atoms with van der Waals surface area (Å²) in [5.74, 6) is 0.821. The molecule has 7 heteroatoms. The first-order chi connectivity index (χ1) is 8.90. The van der Waals surface area contributed by atoms with Crippen LogP contribution >= 0.6 is 27.5 Å². The SMILES string of the molecule is CC(Cl)c1nc2cc(F)c(Br)cc2n1CCS(C)=O. The Bertz CT molecular complexity index is 644. The van der Waals surface area contributed by atoms with Crippen LogP contribution < -0.4 is 0 Å². The van der Waals surface area contributed by atoms with E-state index in [1.54, 1.807) is 12.3 Å². The highest BCUT2D eigenvalue weighted by molar-refractivity contribution is 9.10. The molecule has 104 valence electrons. The van der Waals surface area contributed by atoms with Crippen LogP contribution in [0.1, 0.15) is 18.1 Å². The van der Waals surface area contributed by atoms with Crippen LogP contribution in [-0.2, 0) is 17.3 Å². The minimum absolute atomic E-state index is 0.292. The number of alkyl halides is 1. The summed E-state index contributed by atoms with van der Waals surface area (Å²) >= 11 is 9.28. The van der Waals surface area contributed by atoms with Gasteiger partial charge in [0.25, 0.3) is 0 Å². The van der Waals surface area contributed by atoms with Crippen molar-refractivity contribution < 1.29 is 8.60 Å². The van der Waals surface area contributed by atoms with E-state index in [9.17, 15) is 8.60 Å². The van der Waals surface area contributed by atoms with E-state index in [0.717, 1.165) is 5.52 Å². The predicted octanol–water partition coefficient (Wildman–Crippen LogP) is 3.62. The third-order valence-corrected chi connectivity index (χ3v) is 4.34. The van der Waals surface area contributed by atoms with Gasteiger partial charge in [0.2, 0.25) is 0 Å². The van der Waals surface area contributed by atoms with E-state index in [4.69, 9.17) is 11.6 Å². The second-order valence-electron chi connectivity index (χ2n) is 4.27. The molecular formula is C12H13BrClFN2OS. The molecule has 3 nitrogen and oxygen atoms in total. The van der Waals surface area contributed by atoms with E-state index < -0.39 is 10.8 Å². The van der Waals surface area contributed by atoms with Crippen molar-refractivity contribution in [3.05, 3.63) is 28.2 Å². The number of aromatic nitrogens is 2. The van der Waals surface area contributed by atoms with Gasteiger partial charge in [0.05, 0.1) is 20.9 Å². The molecule has 1 heterocycles. The number of halogens is 3. The number of rotatable bonds is 4. The Morgan fingerprint density at radius 3 is 2.84 bits per heavy atom. The molecule has 2 rings (SSSR count). The summed E-state index contributed by atoms with van der Waals surface area (Å²) in [4.78, 5) is 4.36. The molecule has 2 unspecified atom stereocenters. The zero-order valence-corrected chi connectivity index (χ0v) is 13.6. The van der Waals surface area contributed by atoms with Crippen molar-refractivity contribution >= 4 is 49.4 Å². The van der Waals surface area contributed by atoms with Gasteiger partial charge in [0.15, 0.2) is 0 Å². The lowest BCUT2D eigenvalue weighted by Gasteiger charge is -2.09. The smallest absolute Gasteiger partial charge is 0.139 e. The summed E-state index contributed by atoms with van der Waals surface area (Å²) in [5.41, 5.74) is 1.35. The third-order valence-electron chi connectivity index (χ3n) is 2.78. The molecule has 0 bridgehead atoms. The molecule has 1 aromatic carbocycles. The number of imidazole rings is 1. The first-order valence-electron chi connectivity index (χ1n) is 5.69. The van der Waals surface area contributed by atoms with Crippen LogP contribution in [0.2, 0.25) is 0 Å². The summed E-state index contributed by atoms with van der Waals surface area (Å²) in [5, 5.41) is -0.292. The number of fused-ring (bicyclic) bond motifs is 1. The summed E-state index contributed by atoms with van der Waals surface area (Å²) in [6.45, 7) is 2.36. The maximum absolute atomic E-state index is 13.5. The number of hydrogen-bond acceptors (Lipinski definition) is 2. The fraction of sp³-hybridized carbons (Fsp3) is 0.417. The van der Waals surface area contributed by atoms with E-state index in [1.165, 1.54) is 6.07 Å². The topological polar surface area (TPSA) is 34.9 Å². The molecule has 0 N–H and O–H groups in total. The normalized spacial score (nSPS) is 14.8. The minimum atomic E-state index is -0.902. The Morgan fingerprint density at radius 2 is 2.26 bits per heavy atom. The second kappa shape index (κ2) is 5.89. The van der Waals surface area contributed by atoms with E-state index in [-0.39, 0.29) is 11.2 Å². The highest BCUT2D eigenvalue weighted by atomic mass is 79.9. The highest BCUT2D eigenvalue weighted by Crippen LogP contribution is 2.28. The van der Waals surface area contributed by atoms with Gasteiger partial charge in [-0.05, 0) is 28.9 Å². The van der Waals surface area contributed by atoms with Crippen LogP contribution in [0.3, 0.4) is 0 Å². The Hall–Kier alpha value is -0.460. The maximum Gasteiger partial charge on any atom is 0.139 e. The van der Waals surface area contributed by atoms with Crippen LogP contribution in [0, 0.1) is 5.82 Å². The lowest BCUT2D eigenvalue weighted by atomic mass is 10.3. The van der Waals surface area contributed by atoms with E-state index in [2.05, 4.69) is 20.9 Å². The van der Waals surface area contributed by atoms with Gasteiger partial charge in [-0.25, -0.2) is 9.37 Å². The van der Waals surface area contributed by atoms with E-state index >= 15 is 0 Å². The molecular weight excluding hydrogens is 355 g/mol. The van der Waals surface area contributed by atoms with Crippen LogP contribution in [0.25, 0.3) is 11.0 Å². The molecule has 0 amide bonds. The van der Waals surface area contributed by atoms with Gasteiger partial charge in [-0.3, -0.25) is 4.21 Å². The number of hydrogen-bond donors (Lipinski definition) is 0. The summed E-state index contributed by atoms with van der Waals surface area (Å²) in [6, 6.07) is 3.06. The molecule has 1 aromatic heterocycles. The summed E-state index contributed by atoms with van der Waals surface area (Å²) in [6.07, 6.45) is 1.65. The van der Waals surface area contributed by atoms with Gasteiger partial charge < -0.3 is 4.57 Å². The molecule has 0 saturated carbocycles. The Labute approximate surface area is 126 Å². The predicted molar refractivity (Wildman–Crippen MR) is 80.6 cm³/mol. The lowest BCUT2D eigenvalue weighted by Crippen LogP contribution is -2.10. The maximum atomic E-state index is 13.5. The quantitative estimate of drug-likeness (QED) is 0.774. The number of benzene rings is 1. The molecule has 0 radical (unpaired) electrons. The van der Waals surface area contributed by atoms with Gasteiger partial charge in [-0.1, -0.05) is 0 Å². The van der Waals surface area contributed by atoms with Gasteiger partial charge in [0.1, 0.15) is 11.6 Å². The summed E-state index contributed by atoms with van der Waals surface area (Å²) in [7, 11) is -0.902. The summed E-state index contributed by atoms with van der Waals surface area (Å²) < 4.78 is 27.1. The molecule has 0 saturated heterocycles. The van der Waals surface area contributed by atoms with Crippen molar-refractivity contribution in [1.29, 1.82) is 0 Å². The third kappa shape index (κ3) is 3.17. The molecule has 0 fully saturated rings. The first-order valence-corrected chi connectivity index (χ1v) is 8.65. The van der Waals surface area contributed by atoms with Crippen LogP contribution in [0.4, 0.5) is 4.39 Å². The van der Waals surface area contributed by atoms with Gasteiger partial charge in [0, 0.05) is 35.4 Å². The van der Waals surface area contributed by atoms with Gasteiger partial charge in [-0.2, -0.15) is 0 Å². The largest absolute Gasteiger partial charge is 0.326 e. The van der Waals surface area contributed by atoms with Crippen LogP contribution in [-0.4, -0.2) is 25.8 Å². The van der Waals surface area contributed by atoms with Crippen molar-refractivity contribution in [2.75, 3.05) is 12.0 Å². The zero-order valence-electron chi connectivity index (χ0n) is 10.5. The van der Waals surface area contributed by atoms with Crippen molar-refractivity contribution in [3.8, 4) is 0 Å². The van der Waals surface area contributed by atoms with Crippen molar-refractivity contribution in [1.82, 2.24) is 9.55 Å². The fourth-order valence-electron chi connectivity index (χ4n) is 1.90. The monoisotopic (exact) mass is 366 g/mol. The standard InChI is InChI=1S/C12H13BrClFN2OS/c1-7(14)12-16-10-6-9(15)8(13)5-11(10)17(12)3-4-19(2)18/h5-7H,3-4H2,1-2H3. The van der Waals surface area contributed by atoms with Gasteiger partial charge in [-0.15, -0.1) is 11.6 Å². The fourth-order valence-corrected chi connectivity index (χ4v) is 2.83. The molecule has 0 spiro atoms.